The number of hydrogen-bond acceptors (Lipinski definition) is 6. The van der Waals surface area contributed by atoms with Crippen molar-refractivity contribution in [1.82, 2.24) is 15.6 Å². The fourth-order valence-electron chi connectivity index (χ4n) is 4.13. The number of aromatic nitrogens is 1. The van der Waals surface area contributed by atoms with E-state index in [-0.39, 0.29) is 12.8 Å². The van der Waals surface area contributed by atoms with Gasteiger partial charge in [-0.05, 0) is 49.1 Å². The van der Waals surface area contributed by atoms with Crippen molar-refractivity contribution < 1.29 is 43.9 Å². The van der Waals surface area contributed by atoms with Crippen molar-refractivity contribution in [2.45, 2.75) is 59.7 Å². The molecule has 1 aromatic carbocycles. The minimum absolute atomic E-state index is 0.206. The first kappa shape index (κ1) is 27.8. The van der Waals surface area contributed by atoms with Crippen molar-refractivity contribution in [2.75, 3.05) is 0 Å². The smallest absolute Gasteiger partial charge is 0.336 e. The third-order valence-electron chi connectivity index (χ3n) is 6.43. The molecule has 1 amide bonds. The zero-order chi connectivity index (χ0) is 28.1. The van der Waals surface area contributed by atoms with Crippen LogP contribution in [0.5, 0.6) is 0 Å². The van der Waals surface area contributed by atoms with Crippen molar-refractivity contribution in [3.05, 3.63) is 65.2 Å². The Kier molecular flexibility index (Phi) is 6.72. The van der Waals surface area contributed by atoms with Crippen LogP contribution in [0.3, 0.4) is 0 Å². The van der Waals surface area contributed by atoms with Gasteiger partial charge in [0.1, 0.15) is 28.6 Å². The molecule has 2 aliphatic carbocycles. The predicted molar refractivity (Wildman–Crippen MR) is 117 cm³/mol. The number of sulfone groups is 1. The van der Waals surface area contributed by atoms with E-state index in [0.717, 1.165) is 36.4 Å². The molecule has 3 atom stereocenters. The SMILES string of the molecule is N#CC1(NC(=O)C2(N[C@@H](c3ccc(F)cc3)C(F)(F)F)C[C@H]2S(=O)(=O)Cc2cccc(C(F)(F)F)n2)CC1. The number of nitrogens with one attached hydrogen (secondary N) is 2. The first-order valence-electron chi connectivity index (χ1n) is 11.1. The van der Waals surface area contributed by atoms with Crippen LogP contribution in [0, 0.1) is 17.1 Å². The lowest BCUT2D eigenvalue weighted by molar-refractivity contribution is -0.162. The van der Waals surface area contributed by atoms with Crippen LogP contribution in [0.15, 0.2) is 42.5 Å². The number of halogens is 7. The average Bonchev–Trinajstić information content (AvgIpc) is 3.73. The zero-order valence-electron chi connectivity index (χ0n) is 19.2. The second-order valence-corrected chi connectivity index (χ2v) is 11.5. The van der Waals surface area contributed by atoms with Crippen LogP contribution in [-0.4, -0.2) is 41.8 Å². The number of carbonyl (C=O) groups excluding carboxylic acids is 1. The maximum absolute atomic E-state index is 14.1. The van der Waals surface area contributed by atoms with E-state index in [1.807, 2.05) is 6.07 Å². The van der Waals surface area contributed by atoms with Gasteiger partial charge in [0.2, 0.25) is 5.91 Å². The Morgan fingerprint density at radius 2 is 1.74 bits per heavy atom. The Morgan fingerprint density at radius 3 is 2.26 bits per heavy atom. The summed E-state index contributed by atoms with van der Waals surface area (Å²) in [6.07, 6.45) is -10.2. The Bertz CT molecular complexity index is 1380. The second-order valence-electron chi connectivity index (χ2n) is 9.30. The highest BCUT2D eigenvalue weighted by molar-refractivity contribution is 7.91. The third kappa shape index (κ3) is 5.60. The van der Waals surface area contributed by atoms with Gasteiger partial charge in [-0.3, -0.25) is 10.1 Å². The molecule has 2 N–H and O–H groups in total. The summed E-state index contributed by atoms with van der Waals surface area (Å²) < 4.78 is 121. The van der Waals surface area contributed by atoms with Crippen molar-refractivity contribution in [2.24, 2.45) is 0 Å². The van der Waals surface area contributed by atoms with Crippen LogP contribution in [0.4, 0.5) is 30.7 Å². The Hall–Kier alpha value is -3.25. The van der Waals surface area contributed by atoms with E-state index in [1.54, 1.807) is 0 Å². The molecule has 204 valence electrons. The van der Waals surface area contributed by atoms with E-state index in [9.17, 15) is 49.2 Å². The van der Waals surface area contributed by atoms with Gasteiger partial charge in [-0.1, -0.05) is 18.2 Å². The molecule has 1 aromatic heterocycles. The summed E-state index contributed by atoms with van der Waals surface area (Å²) in [6, 6.07) is 4.97. The first-order valence-corrected chi connectivity index (χ1v) is 12.8. The van der Waals surface area contributed by atoms with Crippen molar-refractivity contribution in [1.29, 1.82) is 5.26 Å². The van der Waals surface area contributed by atoms with Crippen LogP contribution in [-0.2, 0) is 26.6 Å². The number of benzene rings is 1. The van der Waals surface area contributed by atoms with Gasteiger partial charge in [0.05, 0.1) is 22.8 Å². The fourth-order valence-corrected chi connectivity index (χ4v) is 6.21. The molecule has 15 heteroatoms. The molecule has 1 unspecified atom stereocenters. The predicted octanol–water partition coefficient (Wildman–Crippen LogP) is 3.73. The Morgan fingerprint density at radius 1 is 1.11 bits per heavy atom. The highest BCUT2D eigenvalue weighted by Crippen LogP contribution is 2.49. The number of nitrogens with zero attached hydrogens (tertiary/aromatic N) is 2. The summed E-state index contributed by atoms with van der Waals surface area (Å²) in [4.78, 5) is 16.5. The number of nitriles is 1. The first-order chi connectivity index (χ1) is 17.5. The minimum atomic E-state index is -5.06. The van der Waals surface area contributed by atoms with E-state index < -0.39 is 85.4 Å². The van der Waals surface area contributed by atoms with Crippen molar-refractivity contribution >= 4 is 15.7 Å². The van der Waals surface area contributed by atoms with Crippen LogP contribution < -0.4 is 10.6 Å². The van der Waals surface area contributed by atoms with Gasteiger partial charge in [0.25, 0.3) is 0 Å². The molecule has 2 aliphatic rings. The van der Waals surface area contributed by atoms with Crippen molar-refractivity contribution in [3.8, 4) is 6.07 Å². The highest BCUT2D eigenvalue weighted by Gasteiger charge is 2.69. The second kappa shape index (κ2) is 9.19. The number of rotatable bonds is 8. The summed E-state index contributed by atoms with van der Waals surface area (Å²) in [6.45, 7) is 0. The molecule has 1 heterocycles. The standard InChI is InChI=1S/C23H19F7N4O3S/c24-14-6-4-13(5-7-14)18(23(28,29)30)33-21(19(35)34-20(12-31)8-9-20)10-17(21)38(36,37)11-15-2-1-3-16(32-15)22(25,26)27/h1-7,17-18,33H,8-11H2,(H,34,35)/t17-,18+,21?/m1/s1. The number of carbonyl (C=O) groups is 1. The van der Waals surface area contributed by atoms with Gasteiger partial charge in [0.15, 0.2) is 9.84 Å². The molecule has 2 aromatic rings. The molecule has 2 fully saturated rings. The molecule has 0 radical (unpaired) electrons. The number of hydrogen-bond donors (Lipinski definition) is 2. The van der Waals surface area contributed by atoms with Crippen LogP contribution >= 0.6 is 0 Å². The molecular weight excluding hydrogens is 545 g/mol. The van der Waals surface area contributed by atoms with Gasteiger partial charge >= 0.3 is 12.4 Å². The van der Waals surface area contributed by atoms with E-state index in [4.69, 9.17) is 0 Å². The zero-order valence-corrected chi connectivity index (χ0v) is 20.0. The van der Waals surface area contributed by atoms with E-state index in [1.165, 1.54) is 0 Å². The number of pyridine rings is 1. The summed E-state index contributed by atoms with van der Waals surface area (Å²) in [5.41, 5.74) is -6.09. The molecule has 0 saturated heterocycles. The van der Waals surface area contributed by atoms with Crippen LogP contribution in [0.1, 0.15) is 42.3 Å². The molecule has 0 spiro atoms. The van der Waals surface area contributed by atoms with Crippen LogP contribution in [0.2, 0.25) is 0 Å². The Balaban J connectivity index is 1.68. The summed E-state index contributed by atoms with van der Waals surface area (Å²) in [5, 5.41) is 11.9. The molecule has 0 aliphatic heterocycles. The monoisotopic (exact) mass is 564 g/mol. The van der Waals surface area contributed by atoms with E-state index >= 15 is 0 Å². The van der Waals surface area contributed by atoms with Gasteiger partial charge in [-0.2, -0.15) is 31.6 Å². The molecule has 2 saturated carbocycles. The normalized spacial score (nSPS) is 23.3. The van der Waals surface area contributed by atoms with Gasteiger partial charge in [-0.25, -0.2) is 17.8 Å². The molecule has 4 rings (SSSR count). The average molecular weight is 564 g/mol. The topological polar surface area (TPSA) is 112 Å². The molecular formula is C23H19F7N4O3S. The molecule has 0 bridgehead atoms. The number of amides is 1. The molecule has 38 heavy (non-hydrogen) atoms. The van der Waals surface area contributed by atoms with Gasteiger partial charge in [-0.15, -0.1) is 0 Å². The quantitative estimate of drug-likeness (QED) is 0.473. The highest BCUT2D eigenvalue weighted by atomic mass is 32.2. The lowest BCUT2D eigenvalue weighted by Gasteiger charge is -2.29. The van der Waals surface area contributed by atoms with E-state index in [0.29, 0.717) is 6.07 Å². The lowest BCUT2D eigenvalue weighted by Crippen LogP contribution is -2.56. The van der Waals surface area contributed by atoms with Gasteiger partial charge < -0.3 is 5.32 Å². The van der Waals surface area contributed by atoms with Crippen LogP contribution in [0.25, 0.3) is 0 Å². The van der Waals surface area contributed by atoms with Gasteiger partial charge in [0, 0.05) is 0 Å². The lowest BCUT2D eigenvalue weighted by atomic mass is 10.0. The fraction of sp³-hybridized carbons (Fsp3) is 0.435. The minimum Gasteiger partial charge on any atom is -0.336 e. The maximum atomic E-state index is 14.1. The summed E-state index contributed by atoms with van der Waals surface area (Å²) >= 11 is 0. The molecule has 7 nitrogen and oxygen atoms in total. The summed E-state index contributed by atoms with van der Waals surface area (Å²) in [7, 11) is -4.54. The van der Waals surface area contributed by atoms with E-state index in [2.05, 4.69) is 15.6 Å². The number of alkyl halides is 6. The van der Waals surface area contributed by atoms with Crippen molar-refractivity contribution in [3.63, 3.8) is 0 Å². The maximum Gasteiger partial charge on any atom is 0.433 e. The Labute approximate surface area is 212 Å². The summed E-state index contributed by atoms with van der Waals surface area (Å²) in [5.74, 6) is -3.07. The third-order valence-corrected chi connectivity index (χ3v) is 8.57. The largest absolute Gasteiger partial charge is 0.433 e.